The first kappa shape index (κ1) is 54.1. The number of imidazole rings is 9. The molecule has 0 bridgehead atoms. The van der Waals surface area contributed by atoms with Gasteiger partial charge >= 0.3 is 11.4 Å². The Labute approximate surface area is 589 Å². The zero-order valence-electron chi connectivity index (χ0n) is 58.5. The van der Waals surface area contributed by atoms with E-state index in [1.165, 1.54) is 71.9 Å². The molecule has 15 aromatic heterocycles. The Hall–Kier alpha value is -13.9. The van der Waals surface area contributed by atoms with Crippen molar-refractivity contribution in [3.05, 3.63) is 302 Å². The maximum Gasteiger partial charge on any atom is 0.355 e. The van der Waals surface area contributed by atoms with Crippen LogP contribution in [0.4, 0.5) is 0 Å². The molecule has 0 fully saturated rings. The summed E-state index contributed by atoms with van der Waals surface area (Å²) in [5.41, 5.74) is 28.2. The number of rotatable bonds is 1. The predicted octanol–water partition coefficient (Wildman–Crippen LogP) is 12.4. The van der Waals surface area contributed by atoms with Gasteiger partial charge in [-0.2, -0.15) is 32.7 Å². The van der Waals surface area contributed by atoms with E-state index in [0.29, 0.717) is 17.0 Å². The van der Waals surface area contributed by atoms with Crippen LogP contribution in [0.25, 0.3) is 147 Å². The molecule has 0 saturated carbocycles. The minimum atomic E-state index is -2.27. The number of aromatic nitrogens is 19. The van der Waals surface area contributed by atoms with Gasteiger partial charge in [-0.3, -0.25) is 14.1 Å². The molecular formula is C83H62N19O+5. The van der Waals surface area contributed by atoms with E-state index in [0.717, 1.165) is 123 Å². The van der Waals surface area contributed by atoms with Gasteiger partial charge in [0.15, 0.2) is 40.4 Å². The number of hydrogen-bond acceptors (Lipinski definition) is 6. The second-order valence-electron chi connectivity index (χ2n) is 26.6. The quantitative estimate of drug-likeness (QED) is 0.162. The number of fused-ring (bicyclic) bond motifs is 35. The van der Waals surface area contributed by atoms with Crippen molar-refractivity contribution in [1.29, 1.82) is 0 Å². The van der Waals surface area contributed by atoms with E-state index in [1.54, 1.807) is 6.20 Å². The summed E-state index contributed by atoms with van der Waals surface area (Å²) in [5, 5.41) is 0. The number of aryl methyl sites for hydroxylation is 2. The number of pyridine rings is 5. The minimum absolute atomic E-state index is 0.482. The molecule has 20 heterocycles. The number of nitrogens with zero attached hydrogens (tertiary/aromatic N) is 18. The third-order valence-corrected chi connectivity index (χ3v) is 20.9. The molecule has 103 heavy (non-hydrogen) atoms. The highest BCUT2D eigenvalue weighted by atomic mass is 16.4. The topological polar surface area (TPSA) is 150 Å². The van der Waals surface area contributed by atoms with Crippen molar-refractivity contribution >= 4 is 84.5 Å². The molecule has 0 unspecified atom stereocenters. The first-order valence-electron chi connectivity index (χ1n) is 36.0. The monoisotopic (exact) mass is 1340 g/mol. The Morgan fingerprint density at radius 1 is 0.456 bits per heavy atom. The number of aromatic amines is 1. The summed E-state index contributed by atoms with van der Waals surface area (Å²) in [6.45, 7) is 2.07. The molecule has 490 valence electrons. The predicted molar refractivity (Wildman–Crippen MR) is 391 cm³/mol. The van der Waals surface area contributed by atoms with E-state index in [-0.39, 0.29) is 0 Å². The van der Waals surface area contributed by atoms with Gasteiger partial charge in [0.25, 0.3) is 40.1 Å². The highest BCUT2D eigenvalue weighted by Gasteiger charge is 2.39. The second kappa shape index (κ2) is 21.8. The van der Waals surface area contributed by atoms with E-state index < -0.39 is 6.98 Å². The van der Waals surface area contributed by atoms with Crippen LogP contribution < -0.4 is 22.7 Å². The molecular weight excluding hydrogens is 1280 g/mol. The second-order valence-corrected chi connectivity index (χ2v) is 26.6. The summed E-state index contributed by atoms with van der Waals surface area (Å²) in [6.07, 6.45) is 13.8. The maximum absolute atomic E-state index is 7.89. The van der Waals surface area contributed by atoms with Gasteiger partial charge in [-0.25, -0.2) is 41.6 Å². The number of oxazole rings is 1. The molecule has 26 rings (SSSR count). The zero-order valence-corrected chi connectivity index (χ0v) is 55.5. The van der Waals surface area contributed by atoms with Crippen LogP contribution in [0.1, 0.15) is 31.9 Å². The maximum atomic E-state index is 7.89. The third kappa shape index (κ3) is 8.33. The van der Waals surface area contributed by atoms with E-state index in [4.69, 9.17) is 18.5 Å². The molecule has 5 aliphatic rings. The molecule has 0 saturated heterocycles. The van der Waals surface area contributed by atoms with Crippen LogP contribution in [0.15, 0.2) is 278 Å². The molecule has 0 atom stereocenters. The smallest absolute Gasteiger partial charge is 0.355 e. The van der Waals surface area contributed by atoms with Crippen LogP contribution in [0.2, 0.25) is 0 Å². The van der Waals surface area contributed by atoms with Crippen molar-refractivity contribution in [3.8, 4) is 62.7 Å². The van der Waals surface area contributed by atoms with Crippen molar-refractivity contribution < 1.29 is 31.2 Å². The Balaban J connectivity index is 0.0000000830. The Kier molecular flexibility index (Phi) is 11.5. The summed E-state index contributed by atoms with van der Waals surface area (Å²) in [7, 11) is 2.08. The van der Waals surface area contributed by atoms with Crippen LogP contribution in [-0.4, -0.2) is 65.8 Å². The van der Waals surface area contributed by atoms with Gasteiger partial charge in [-0.05, 0) is 96.6 Å². The summed E-state index contributed by atoms with van der Waals surface area (Å²) >= 11 is 0. The Morgan fingerprint density at radius 3 is 1.68 bits per heavy atom. The molecule has 0 amide bonds. The van der Waals surface area contributed by atoms with Crippen molar-refractivity contribution in [2.45, 2.75) is 32.7 Å². The highest BCUT2D eigenvalue weighted by Crippen LogP contribution is 2.38. The van der Waals surface area contributed by atoms with Crippen molar-refractivity contribution in [2.24, 2.45) is 14.0 Å². The van der Waals surface area contributed by atoms with Crippen LogP contribution in [0.5, 0.6) is 0 Å². The standard InChI is InChI=1S/C21H15N4.2C16H13N4.C15H10N4.C15H10N3O/c1-2-9-16(10-3-1)25-19-21(23-13-7-6-12-18(23)22-19)24-14-15-8-4-5-11-17(15)20(24)25;2*1-18-14-10-19-9-11-5-2-3-6-12(11)16(19)20(14)13-7-4-8-17-15(13)18;1-2-6-11-10(5-1)9-19-14(11)17-13-15(19)18-8-4-3-7-12(18)16-13;1-2-6-11-10(5-1)9-18-14-13(19-15(11)18)16-12-7-3-4-8-17(12)14/h1-13H,14H2;2*2-8,10H,9H2,1H3;2*1-8H,9H2/q3*+1;;+1/p+1/i;1D3;;;. The van der Waals surface area contributed by atoms with Crippen LogP contribution >= 0.6 is 0 Å². The van der Waals surface area contributed by atoms with Crippen LogP contribution in [0.3, 0.4) is 0 Å². The van der Waals surface area contributed by atoms with Gasteiger partial charge in [0.05, 0.1) is 53.9 Å². The SMILES string of the molecule is Cn1c2ncccc2n2c3[n+](cc12)Cc1ccccc1-3.[2H]C([2H])([2H])n1c2ncccc2n2c3[n+](cc12)Cc1ccccc1-3.c1ccc(-n2c3[n+](c4c2nc2ccccn24)Cc2ccccc2-3)cc1.c1ccc2c(c1)C[n+]1c-2oc2nc3ccccn3c21.c1ccc2c(c1)Cn1c-2nc2[nH]c3cccc[n+]3c21. The van der Waals surface area contributed by atoms with Crippen LogP contribution in [0, 0.1) is 0 Å². The minimum Gasteiger partial charge on any atom is -0.395 e. The van der Waals surface area contributed by atoms with Gasteiger partial charge in [-0.1, -0.05) is 127 Å². The van der Waals surface area contributed by atoms with Gasteiger partial charge in [0.2, 0.25) is 34.2 Å². The van der Waals surface area contributed by atoms with Gasteiger partial charge in [0.1, 0.15) is 25.3 Å². The lowest BCUT2D eigenvalue weighted by Crippen LogP contribution is -2.32. The zero-order chi connectivity index (χ0) is 70.2. The van der Waals surface area contributed by atoms with Crippen molar-refractivity contribution in [2.75, 3.05) is 0 Å². The Morgan fingerprint density at radius 2 is 1.00 bits per heavy atom. The molecule has 21 aromatic rings. The van der Waals surface area contributed by atoms with Gasteiger partial charge in [-0.15, -0.1) is 0 Å². The van der Waals surface area contributed by atoms with E-state index >= 15 is 0 Å². The highest BCUT2D eigenvalue weighted by molar-refractivity contribution is 5.84. The van der Waals surface area contributed by atoms with E-state index in [2.05, 4.69) is 253 Å². The summed E-state index contributed by atoms with van der Waals surface area (Å²) < 4.78 is 57.4. The number of nitrogens with one attached hydrogen (secondary N) is 1. The summed E-state index contributed by atoms with van der Waals surface area (Å²) in [4.78, 5) is 26.4. The fourth-order valence-electron chi connectivity index (χ4n) is 16.4. The molecule has 1 N–H and O–H groups in total. The number of hydrogen-bond donors (Lipinski definition) is 1. The lowest BCUT2D eigenvalue weighted by molar-refractivity contribution is -0.670. The average Bonchev–Trinajstić information content (AvgIpc) is 1.56. The first-order valence-corrected chi connectivity index (χ1v) is 34.5. The molecule has 20 heteroatoms. The average molecular weight is 1340 g/mol. The lowest BCUT2D eigenvalue weighted by Gasteiger charge is -2.02. The van der Waals surface area contributed by atoms with Gasteiger partial charge in [0, 0.05) is 70.5 Å². The number of para-hydroxylation sites is 1. The summed E-state index contributed by atoms with van der Waals surface area (Å²) in [5.74, 6) is 5.45. The Bertz CT molecular complexity index is 7070. The lowest BCUT2D eigenvalue weighted by atomic mass is 10.1. The first-order chi connectivity index (χ1) is 52.1. The number of H-pyrrole nitrogens is 1. The molecule has 0 spiro atoms. The molecule has 6 aromatic carbocycles. The fraction of sp³-hybridized carbons (Fsp3) is 0.0843. The number of benzene rings is 6. The van der Waals surface area contributed by atoms with Crippen molar-refractivity contribution in [3.63, 3.8) is 0 Å². The normalized spacial score (nSPS) is 13.5. The molecule has 20 nitrogen and oxygen atoms in total. The third-order valence-electron chi connectivity index (χ3n) is 20.9. The molecule has 0 aliphatic carbocycles. The largest absolute Gasteiger partial charge is 0.395 e. The van der Waals surface area contributed by atoms with E-state index in [1.807, 2.05) is 95.8 Å². The fourth-order valence-corrected chi connectivity index (χ4v) is 16.4. The molecule has 0 radical (unpaired) electrons. The van der Waals surface area contributed by atoms with E-state index in [9.17, 15) is 0 Å². The molecule has 5 aliphatic heterocycles. The summed E-state index contributed by atoms with van der Waals surface area (Å²) in [6, 6.07) is 79.0. The van der Waals surface area contributed by atoms with Crippen LogP contribution in [-0.2, 0) is 46.7 Å². The van der Waals surface area contributed by atoms with Gasteiger partial charge < -0.3 is 4.42 Å². The van der Waals surface area contributed by atoms with Crippen molar-refractivity contribution in [1.82, 2.24) is 65.8 Å².